The van der Waals surface area contributed by atoms with Gasteiger partial charge in [0, 0.05) is 24.8 Å². The van der Waals surface area contributed by atoms with Gasteiger partial charge in [-0.1, -0.05) is 6.92 Å². The normalized spacial score (nSPS) is 10.8. The molecule has 0 spiro atoms. The number of nitrogens with zero attached hydrogens (tertiary/aromatic N) is 1. The van der Waals surface area contributed by atoms with Crippen LogP contribution in [-0.2, 0) is 13.1 Å². The summed E-state index contributed by atoms with van der Waals surface area (Å²) < 4.78 is 18.4. The van der Waals surface area contributed by atoms with Crippen LogP contribution in [-0.4, -0.2) is 13.6 Å². The van der Waals surface area contributed by atoms with E-state index in [9.17, 15) is 4.39 Å². The molecule has 4 heteroatoms. The fourth-order valence-corrected chi connectivity index (χ4v) is 2.08. The van der Waals surface area contributed by atoms with E-state index in [4.69, 9.17) is 4.42 Å². The second-order valence-corrected chi connectivity index (χ2v) is 4.88. The number of nitrogens with one attached hydrogen (secondary N) is 1. The maximum Gasteiger partial charge on any atom is 0.123 e. The lowest BCUT2D eigenvalue weighted by Gasteiger charge is -2.19. The molecule has 0 saturated carbocycles. The van der Waals surface area contributed by atoms with Gasteiger partial charge < -0.3 is 14.6 Å². The van der Waals surface area contributed by atoms with Gasteiger partial charge in [0.25, 0.3) is 0 Å². The van der Waals surface area contributed by atoms with E-state index in [-0.39, 0.29) is 5.82 Å². The molecular formula is C16H21FN2O. The van der Waals surface area contributed by atoms with E-state index in [1.807, 2.05) is 13.1 Å². The van der Waals surface area contributed by atoms with Gasteiger partial charge in [0.05, 0.1) is 12.8 Å². The first kappa shape index (κ1) is 14.6. The molecule has 1 heterocycles. The molecule has 1 aromatic heterocycles. The van der Waals surface area contributed by atoms with Crippen molar-refractivity contribution in [1.82, 2.24) is 5.32 Å². The van der Waals surface area contributed by atoms with Crippen LogP contribution in [0.2, 0.25) is 0 Å². The fraction of sp³-hybridized carbons (Fsp3) is 0.375. The Morgan fingerprint density at radius 2 is 1.95 bits per heavy atom. The van der Waals surface area contributed by atoms with Gasteiger partial charge in [0.2, 0.25) is 0 Å². The summed E-state index contributed by atoms with van der Waals surface area (Å²) >= 11 is 0. The maximum atomic E-state index is 12.9. The highest BCUT2D eigenvalue weighted by atomic mass is 19.1. The topological polar surface area (TPSA) is 28.4 Å². The van der Waals surface area contributed by atoms with Crippen molar-refractivity contribution in [3.8, 4) is 0 Å². The van der Waals surface area contributed by atoms with Crippen LogP contribution in [0, 0.1) is 5.82 Å². The molecule has 0 aliphatic heterocycles. The van der Waals surface area contributed by atoms with E-state index in [0.717, 1.165) is 43.1 Å². The van der Waals surface area contributed by atoms with Crippen LogP contribution in [0.15, 0.2) is 41.0 Å². The number of halogens is 1. The second kappa shape index (κ2) is 7.10. The molecule has 0 atom stereocenters. The summed E-state index contributed by atoms with van der Waals surface area (Å²) in [6.07, 6.45) is 2.82. The van der Waals surface area contributed by atoms with Crippen LogP contribution in [0.25, 0.3) is 0 Å². The van der Waals surface area contributed by atoms with Gasteiger partial charge in [-0.3, -0.25) is 0 Å². The van der Waals surface area contributed by atoms with Gasteiger partial charge in [-0.15, -0.1) is 0 Å². The number of furan rings is 1. The zero-order valence-corrected chi connectivity index (χ0v) is 12.0. The van der Waals surface area contributed by atoms with Gasteiger partial charge >= 0.3 is 0 Å². The minimum atomic E-state index is -0.213. The smallest absolute Gasteiger partial charge is 0.123 e. The van der Waals surface area contributed by atoms with Gasteiger partial charge in [-0.2, -0.15) is 0 Å². The van der Waals surface area contributed by atoms with E-state index in [0.29, 0.717) is 0 Å². The summed E-state index contributed by atoms with van der Waals surface area (Å²) in [5.41, 5.74) is 2.14. The quantitative estimate of drug-likeness (QED) is 0.784. The van der Waals surface area contributed by atoms with Gasteiger partial charge in [-0.25, -0.2) is 4.39 Å². The molecule has 0 unspecified atom stereocenters. The Kier molecular flexibility index (Phi) is 5.18. The summed E-state index contributed by atoms with van der Waals surface area (Å²) in [5.74, 6) is 0.752. The van der Waals surface area contributed by atoms with Crippen molar-refractivity contribution >= 4 is 5.69 Å². The van der Waals surface area contributed by atoms with E-state index in [1.54, 1.807) is 18.4 Å². The Morgan fingerprint density at radius 3 is 2.65 bits per heavy atom. The number of rotatable bonds is 7. The molecule has 108 valence electrons. The predicted molar refractivity (Wildman–Crippen MR) is 79.2 cm³/mol. The van der Waals surface area contributed by atoms with Crippen molar-refractivity contribution in [3.05, 3.63) is 53.7 Å². The molecule has 0 fully saturated rings. The molecule has 2 aromatic rings. The van der Waals surface area contributed by atoms with E-state index in [2.05, 4.69) is 17.1 Å². The van der Waals surface area contributed by atoms with E-state index < -0.39 is 0 Å². The Labute approximate surface area is 119 Å². The monoisotopic (exact) mass is 276 g/mol. The molecular weight excluding hydrogens is 255 g/mol. The zero-order chi connectivity index (χ0) is 14.4. The first-order valence-electron chi connectivity index (χ1n) is 6.93. The van der Waals surface area contributed by atoms with Crippen LogP contribution in [0.3, 0.4) is 0 Å². The highest BCUT2D eigenvalue weighted by molar-refractivity contribution is 5.46. The van der Waals surface area contributed by atoms with Gasteiger partial charge in [-0.05, 0) is 43.3 Å². The molecule has 20 heavy (non-hydrogen) atoms. The average molecular weight is 276 g/mol. The predicted octanol–water partition coefficient (Wildman–Crippen LogP) is 3.55. The highest BCUT2D eigenvalue weighted by Gasteiger charge is 2.09. The molecule has 0 amide bonds. The first-order chi connectivity index (χ1) is 9.70. The standard InChI is InChI=1S/C16H21FN2O/c1-3-9-18-11-16-13(8-10-20-16)12-19(2)15-6-4-14(17)5-7-15/h4-8,10,18H,3,9,11-12H2,1-2H3. The van der Waals surface area contributed by atoms with Crippen molar-refractivity contribution in [2.24, 2.45) is 0 Å². The Balaban J connectivity index is 1.98. The van der Waals surface area contributed by atoms with Crippen molar-refractivity contribution in [2.45, 2.75) is 26.4 Å². The third-order valence-electron chi connectivity index (χ3n) is 3.22. The van der Waals surface area contributed by atoms with E-state index >= 15 is 0 Å². The Hall–Kier alpha value is -1.81. The van der Waals surface area contributed by atoms with Crippen molar-refractivity contribution in [1.29, 1.82) is 0 Å². The lowest BCUT2D eigenvalue weighted by Crippen LogP contribution is -2.19. The Bertz CT molecular complexity index is 522. The molecule has 2 rings (SSSR count). The fourth-order valence-electron chi connectivity index (χ4n) is 2.08. The molecule has 3 nitrogen and oxygen atoms in total. The van der Waals surface area contributed by atoms with Crippen LogP contribution < -0.4 is 10.2 Å². The second-order valence-electron chi connectivity index (χ2n) is 4.88. The van der Waals surface area contributed by atoms with Crippen LogP contribution >= 0.6 is 0 Å². The van der Waals surface area contributed by atoms with Gasteiger partial charge in [0.1, 0.15) is 11.6 Å². The summed E-state index contributed by atoms with van der Waals surface area (Å²) in [7, 11) is 1.99. The number of hydrogen-bond acceptors (Lipinski definition) is 3. The summed E-state index contributed by atoms with van der Waals surface area (Å²) in [5, 5.41) is 3.34. The minimum absolute atomic E-state index is 0.213. The van der Waals surface area contributed by atoms with Crippen molar-refractivity contribution < 1.29 is 8.81 Å². The molecule has 0 bridgehead atoms. The van der Waals surface area contributed by atoms with Crippen LogP contribution in [0.5, 0.6) is 0 Å². The van der Waals surface area contributed by atoms with Crippen LogP contribution in [0.4, 0.5) is 10.1 Å². The number of benzene rings is 1. The Morgan fingerprint density at radius 1 is 1.20 bits per heavy atom. The average Bonchev–Trinajstić information content (AvgIpc) is 2.87. The van der Waals surface area contributed by atoms with E-state index in [1.165, 1.54) is 12.1 Å². The van der Waals surface area contributed by atoms with Crippen molar-refractivity contribution in [3.63, 3.8) is 0 Å². The van der Waals surface area contributed by atoms with Crippen molar-refractivity contribution in [2.75, 3.05) is 18.5 Å². The largest absolute Gasteiger partial charge is 0.468 e. The maximum absolute atomic E-state index is 12.9. The third-order valence-corrected chi connectivity index (χ3v) is 3.22. The molecule has 0 aliphatic carbocycles. The lowest BCUT2D eigenvalue weighted by molar-refractivity contribution is 0.478. The third kappa shape index (κ3) is 3.84. The molecule has 0 radical (unpaired) electrons. The minimum Gasteiger partial charge on any atom is -0.468 e. The van der Waals surface area contributed by atoms with Crippen LogP contribution in [0.1, 0.15) is 24.7 Å². The molecule has 1 aromatic carbocycles. The number of anilines is 1. The highest BCUT2D eigenvalue weighted by Crippen LogP contribution is 2.18. The van der Waals surface area contributed by atoms with Gasteiger partial charge in [0.15, 0.2) is 0 Å². The SMILES string of the molecule is CCCNCc1occc1CN(C)c1ccc(F)cc1. The molecule has 0 saturated heterocycles. The summed E-state index contributed by atoms with van der Waals surface area (Å²) in [4.78, 5) is 2.08. The number of hydrogen-bond donors (Lipinski definition) is 1. The summed E-state index contributed by atoms with van der Waals surface area (Å²) in [6.45, 7) is 4.60. The molecule has 0 aliphatic rings. The zero-order valence-electron chi connectivity index (χ0n) is 12.0. The summed E-state index contributed by atoms with van der Waals surface area (Å²) in [6, 6.07) is 8.51. The first-order valence-corrected chi connectivity index (χ1v) is 6.93. The molecule has 1 N–H and O–H groups in total. The lowest BCUT2D eigenvalue weighted by atomic mass is 10.2.